The van der Waals surface area contributed by atoms with Crippen molar-refractivity contribution in [2.75, 3.05) is 4.90 Å². The molecular formula is C60H43N. The van der Waals surface area contributed by atoms with Gasteiger partial charge in [0.1, 0.15) is 0 Å². The molecule has 288 valence electrons. The zero-order chi connectivity index (χ0) is 40.8. The molecule has 0 spiro atoms. The second kappa shape index (κ2) is 15.1. The minimum atomic E-state index is -0.303. The summed E-state index contributed by atoms with van der Waals surface area (Å²) in [6.07, 6.45) is 0. The van der Waals surface area contributed by atoms with E-state index in [0.717, 1.165) is 17.1 Å². The number of fused-ring (bicyclic) bond motifs is 4. The first-order chi connectivity index (χ1) is 30.2. The number of hydrogen-bond acceptors (Lipinski definition) is 1. The Hall–Kier alpha value is -7.74. The summed E-state index contributed by atoms with van der Waals surface area (Å²) in [4.78, 5) is 2.49. The van der Waals surface area contributed by atoms with Crippen LogP contribution in [0, 0.1) is 0 Å². The van der Waals surface area contributed by atoms with Crippen molar-refractivity contribution in [3.63, 3.8) is 0 Å². The lowest BCUT2D eigenvalue weighted by atomic mass is 9.74. The molecule has 0 aromatic heterocycles. The zero-order valence-electron chi connectivity index (χ0n) is 34.0. The van der Waals surface area contributed by atoms with Crippen LogP contribution in [0.15, 0.2) is 243 Å². The molecule has 0 bridgehead atoms. The second-order valence-electron chi connectivity index (χ2n) is 16.1. The predicted octanol–water partition coefficient (Wildman–Crippen LogP) is 16.3. The van der Waals surface area contributed by atoms with E-state index in [1.54, 1.807) is 0 Å². The number of nitrogens with zero attached hydrogens (tertiary/aromatic N) is 1. The predicted molar refractivity (Wildman–Crippen MR) is 258 cm³/mol. The largest absolute Gasteiger partial charge is 0.309 e. The number of para-hydroxylation sites is 2. The van der Waals surface area contributed by atoms with Crippen LogP contribution in [-0.4, -0.2) is 0 Å². The van der Waals surface area contributed by atoms with Crippen LogP contribution in [0.25, 0.3) is 66.4 Å². The maximum atomic E-state index is 2.49. The molecular weight excluding hydrogens is 735 g/mol. The molecule has 1 atom stereocenters. The van der Waals surface area contributed by atoms with Gasteiger partial charge < -0.3 is 4.90 Å². The second-order valence-corrected chi connectivity index (χ2v) is 16.1. The lowest BCUT2D eigenvalue weighted by Gasteiger charge is -2.31. The molecule has 0 N–H and O–H groups in total. The molecule has 10 aromatic carbocycles. The van der Waals surface area contributed by atoms with E-state index in [1.807, 2.05) is 0 Å². The molecule has 0 heterocycles. The first kappa shape index (κ1) is 36.3. The number of rotatable bonds is 8. The summed E-state index contributed by atoms with van der Waals surface area (Å²) >= 11 is 0. The number of anilines is 3. The van der Waals surface area contributed by atoms with Crippen LogP contribution >= 0.6 is 0 Å². The summed E-state index contributed by atoms with van der Waals surface area (Å²) in [5, 5.41) is 2.46. The minimum Gasteiger partial charge on any atom is -0.309 e. The van der Waals surface area contributed by atoms with Gasteiger partial charge in [-0.15, -0.1) is 0 Å². The van der Waals surface area contributed by atoms with Gasteiger partial charge in [0.25, 0.3) is 0 Å². The summed E-state index contributed by atoms with van der Waals surface area (Å²) < 4.78 is 0. The molecule has 1 nitrogen and oxygen atoms in total. The van der Waals surface area contributed by atoms with Gasteiger partial charge in [0.15, 0.2) is 0 Å². The molecule has 0 fully saturated rings. The van der Waals surface area contributed by atoms with Crippen LogP contribution in [0.2, 0.25) is 0 Å². The van der Waals surface area contributed by atoms with E-state index in [1.165, 1.54) is 83.1 Å². The fourth-order valence-corrected chi connectivity index (χ4v) is 9.91. The maximum absolute atomic E-state index is 2.49. The quantitative estimate of drug-likeness (QED) is 0.149. The van der Waals surface area contributed by atoms with Crippen molar-refractivity contribution in [3.05, 3.63) is 259 Å². The van der Waals surface area contributed by atoms with Crippen LogP contribution in [-0.2, 0) is 5.41 Å². The Balaban J connectivity index is 1.16. The van der Waals surface area contributed by atoms with Crippen LogP contribution in [0.1, 0.15) is 23.6 Å². The molecule has 1 heteroatoms. The van der Waals surface area contributed by atoms with Gasteiger partial charge >= 0.3 is 0 Å². The van der Waals surface area contributed by atoms with Crippen molar-refractivity contribution in [3.8, 4) is 55.6 Å². The van der Waals surface area contributed by atoms with Crippen LogP contribution in [0.4, 0.5) is 17.1 Å². The average molecular weight is 778 g/mol. The highest BCUT2D eigenvalue weighted by Crippen LogP contribution is 2.56. The standard InChI is InChI=1S/C60H43N/c1-60(46-26-9-4-10-27-46)54-34-14-11-30-53(54)59-52(33-19-35-55(59)60)50-29-13-16-37-57(50)61(47-40-38-43(39-41-47)42-20-5-2-6-21-42)56-36-15-12-28-49(56)51-32-18-25-45-24-17-31-48(58(45)51)44-22-7-3-8-23-44/h2-41H,1H3. The molecule has 0 amide bonds. The van der Waals surface area contributed by atoms with Gasteiger partial charge in [-0.25, -0.2) is 0 Å². The summed E-state index contributed by atoms with van der Waals surface area (Å²) in [6, 6.07) is 88.8. The Kier molecular flexibility index (Phi) is 9.02. The third-order valence-corrected chi connectivity index (χ3v) is 12.8. The third kappa shape index (κ3) is 6.09. The molecule has 61 heavy (non-hydrogen) atoms. The van der Waals surface area contributed by atoms with E-state index in [4.69, 9.17) is 0 Å². The van der Waals surface area contributed by atoms with E-state index in [2.05, 4.69) is 254 Å². The number of benzene rings is 10. The molecule has 10 aromatic rings. The van der Waals surface area contributed by atoms with Crippen molar-refractivity contribution in [2.45, 2.75) is 12.3 Å². The SMILES string of the molecule is CC1(c2ccccc2)c2ccccc2-c2c(-c3ccccc3N(c3ccc(-c4ccccc4)cc3)c3ccccc3-c3cccc4cccc(-c5ccccc5)c34)cccc21. The Morgan fingerprint density at radius 1 is 0.311 bits per heavy atom. The maximum Gasteiger partial charge on any atom is 0.0540 e. The first-order valence-electron chi connectivity index (χ1n) is 21.2. The van der Waals surface area contributed by atoms with Crippen LogP contribution in [0.5, 0.6) is 0 Å². The Bertz CT molecular complexity index is 3180. The van der Waals surface area contributed by atoms with Gasteiger partial charge in [0.2, 0.25) is 0 Å². The van der Waals surface area contributed by atoms with Crippen LogP contribution in [0.3, 0.4) is 0 Å². The minimum absolute atomic E-state index is 0.303. The summed E-state index contributed by atoms with van der Waals surface area (Å²) in [6.45, 7) is 2.40. The molecule has 0 radical (unpaired) electrons. The molecule has 0 aliphatic heterocycles. The molecule has 0 saturated heterocycles. The van der Waals surface area contributed by atoms with E-state index < -0.39 is 0 Å². The van der Waals surface area contributed by atoms with E-state index in [-0.39, 0.29) is 5.41 Å². The fourth-order valence-electron chi connectivity index (χ4n) is 9.91. The normalized spacial score (nSPS) is 14.0. The van der Waals surface area contributed by atoms with E-state index in [9.17, 15) is 0 Å². The van der Waals surface area contributed by atoms with Gasteiger partial charge in [-0.2, -0.15) is 0 Å². The van der Waals surface area contributed by atoms with Gasteiger partial charge in [0.05, 0.1) is 11.4 Å². The molecule has 1 aliphatic carbocycles. The van der Waals surface area contributed by atoms with Crippen molar-refractivity contribution in [2.24, 2.45) is 0 Å². The highest BCUT2D eigenvalue weighted by molar-refractivity contribution is 6.09. The lowest BCUT2D eigenvalue weighted by Crippen LogP contribution is -2.22. The topological polar surface area (TPSA) is 3.24 Å². The van der Waals surface area contributed by atoms with Gasteiger partial charge in [-0.05, 0) is 103 Å². The molecule has 1 aliphatic rings. The van der Waals surface area contributed by atoms with Gasteiger partial charge in [-0.1, -0.05) is 218 Å². The summed E-state index contributed by atoms with van der Waals surface area (Å²) in [5.41, 5.74) is 19.1. The highest BCUT2D eigenvalue weighted by atomic mass is 15.1. The Morgan fingerprint density at radius 2 is 0.770 bits per heavy atom. The summed E-state index contributed by atoms with van der Waals surface area (Å²) in [5.74, 6) is 0. The average Bonchev–Trinajstić information content (AvgIpc) is 3.61. The zero-order valence-corrected chi connectivity index (χ0v) is 34.0. The van der Waals surface area contributed by atoms with E-state index in [0.29, 0.717) is 0 Å². The van der Waals surface area contributed by atoms with Crippen molar-refractivity contribution >= 4 is 27.8 Å². The Labute approximate surface area is 358 Å². The smallest absolute Gasteiger partial charge is 0.0540 e. The Morgan fingerprint density at radius 3 is 1.44 bits per heavy atom. The van der Waals surface area contributed by atoms with Crippen LogP contribution < -0.4 is 4.90 Å². The van der Waals surface area contributed by atoms with Crippen molar-refractivity contribution < 1.29 is 0 Å². The fraction of sp³-hybridized carbons (Fsp3) is 0.0333. The molecule has 1 unspecified atom stereocenters. The van der Waals surface area contributed by atoms with E-state index >= 15 is 0 Å². The summed E-state index contributed by atoms with van der Waals surface area (Å²) in [7, 11) is 0. The number of hydrogen-bond donors (Lipinski definition) is 0. The first-order valence-corrected chi connectivity index (χ1v) is 21.2. The molecule has 11 rings (SSSR count). The molecule has 0 saturated carbocycles. The lowest BCUT2D eigenvalue weighted by molar-refractivity contribution is 0.714. The van der Waals surface area contributed by atoms with Gasteiger partial charge in [0, 0.05) is 22.2 Å². The van der Waals surface area contributed by atoms with Gasteiger partial charge in [-0.3, -0.25) is 0 Å². The highest BCUT2D eigenvalue weighted by Gasteiger charge is 2.42. The third-order valence-electron chi connectivity index (χ3n) is 12.8. The monoisotopic (exact) mass is 777 g/mol. The van der Waals surface area contributed by atoms with Crippen molar-refractivity contribution in [1.29, 1.82) is 0 Å². The van der Waals surface area contributed by atoms with Crippen molar-refractivity contribution in [1.82, 2.24) is 0 Å².